The summed E-state index contributed by atoms with van der Waals surface area (Å²) in [6, 6.07) is 11.2. The van der Waals surface area contributed by atoms with Gasteiger partial charge >= 0.3 is 5.69 Å². The van der Waals surface area contributed by atoms with E-state index in [0.29, 0.717) is 12.3 Å². The third-order valence-corrected chi connectivity index (χ3v) is 2.53. The molecule has 2 rings (SSSR count). The SMILES string of the molecule is N#Cc1nc(Oc2ccc(CN)cc2)ccc1[N+](=O)[O-]. The summed E-state index contributed by atoms with van der Waals surface area (Å²) < 4.78 is 5.43. The van der Waals surface area contributed by atoms with Gasteiger partial charge in [0.1, 0.15) is 11.8 Å². The van der Waals surface area contributed by atoms with Crippen molar-refractivity contribution in [3.63, 3.8) is 0 Å². The van der Waals surface area contributed by atoms with Crippen molar-refractivity contribution in [3.05, 3.63) is 57.8 Å². The maximum Gasteiger partial charge on any atom is 0.305 e. The summed E-state index contributed by atoms with van der Waals surface area (Å²) >= 11 is 0. The van der Waals surface area contributed by atoms with Crippen LogP contribution in [0.5, 0.6) is 11.6 Å². The second-order valence-electron chi connectivity index (χ2n) is 3.84. The van der Waals surface area contributed by atoms with Gasteiger partial charge in [-0.3, -0.25) is 10.1 Å². The van der Waals surface area contributed by atoms with Gasteiger partial charge in [0.15, 0.2) is 0 Å². The zero-order valence-corrected chi connectivity index (χ0v) is 10.3. The van der Waals surface area contributed by atoms with Crippen molar-refractivity contribution in [1.29, 1.82) is 5.26 Å². The minimum atomic E-state index is -0.661. The zero-order chi connectivity index (χ0) is 14.5. The molecule has 0 aliphatic carbocycles. The fourth-order valence-corrected chi connectivity index (χ4v) is 1.53. The van der Waals surface area contributed by atoms with Gasteiger partial charge in [-0.2, -0.15) is 10.2 Å². The summed E-state index contributed by atoms with van der Waals surface area (Å²) in [6.45, 7) is 0.425. The first kappa shape index (κ1) is 13.5. The second-order valence-corrected chi connectivity index (χ2v) is 3.84. The molecule has 20 heavy (non-hydrogen) atoms. The number of hydrogen-bond donors (Lipinski definition) is 1. The van der Waals surface area contributed by atoms with E-state index in [1.165, 1.54) is 12.1 Å². The summed E-state index contributed by atoms with van der Waals surface area (Å²) in [5, 5.41) is 19.5. The van der Waals surface area contributed by atoms with Crippen LogP contribution in [0.15, 0.2) is 36.4 Å². The lowest BCUT2D eigenvalue weighted by Gasteiger charge is -2.05. The lowest BCUT2D eigenvalue weighted by Crippen LogP contribution is -1.98. The Labute approximate surface area is 114 Å². The fourth-order valence-electron chi connectivity index (χ4n) is 1.53. The van der Waals surface area contributed by atoms with Crippen LogP contribution in [0.1, 0.15) is 11.3 Å². The summed E-state index contributed by atoms with van der Waals surface area (Å²) in [5.74, 6) is 0.625. The monoisotopic (exact) mass is 270 g/mol. The van der Waals surface area contributed by atoms with Gasteiger partial charge in [0.05, 0.1) is 4.92 Å². The predicted octanol–water partition coefficient (Wildman–Crippen LogP) is 2.11. The molecule has 0 bridgehead atoms. The highest BCUT2D eigenvalue weighted by Gasteiger charge is 2.16. The normalized spacial score (nSPS) is 9.80. The second kappa shape index (κ2) is 5.77. The fraction of sp³-hybridized carbons (Fsp3) is 0.0769. The van der Waals surface area contributed by atoms with Crippen LogP contribution in [0.4, 0.5) is 5.69 Å². The van der Waals surface area contributed by atoms with Crippen molar-refractivity contribution < 1.29 is 9.66 Å². The number of nitrogens with zero attached hydrogens (tertiary/aromatic N) is 3. The molecule has 1 aromatic heterocycles. The third-order valence-electron chi connectivity index (χ3n) is 2.53. The highest BCUT2D eigenvalue weighted by atomic mass is 16.6. The molecule has 2 aromatic rings. The van der Waals surface area contributed by atoms with E-state index in [9.17, 15) is 10.1 Å². The number of nitro groups is 1. The highest BCUT2D eigenvalue weighted by Crippen LogP contribution is 2.24. The Bertz CT molecular complexity index is 677. The lowest BCUT2D eigenvalue weighted by molar-refractivity contribution is -0.385. The molecule has 1 heterocycles. The first-order valence-electron chi connectivity index (χ1n) is 5.66. The minimum absolute atomic E-state index is 0.118. The van der Waals surface area contributed by atoms with Crippen LogP contribution in [-0.2, 0) is 6.54 Å². The number of aromatic nitrogens is 1. The third kappa shape index (κ3) is 2.88. The van der Waals surface area contributed by atoms with Gasteiger partial charge in [0.25, 0.3) is 0 Å². The zero-order valence-electron chi connectivity index (χ0n) is 10.3. The summed E-state index contributed by atoms with van der Waals surface area (Å²) in [5.41, 5.74) is 5.80. The summed E-state index contributed by atoms with van der Waals surface area (Å²) in [4.78, 5) is 13.8. The van der Waals surface area contributed by atoms with Crippen molar-refractivity contribution in [2.75, 3.05) is 0 Å². The van der Waals surface area contributed by atoms with Gasteiger partial charge in [0, 0.05) is 18.7 Å². The predicted molar refractivity (Wildman–Crippen MR) is 70.0 cm³/mol. The number of hydrogen-bond acceptors (Lipinski definition) is 6. The number of pyridine rings is 1. The van der Waals surface area contributed by atoms with E-state index in [1.54, 1.807) is 30.3 Å². The molecule has 0 atom stereocenters. The maximum absolute atomic E-state index is 10.7. The molecular weight excluding hydrogens is 260 g/mol. The van der Waals surface area contributed by atoms with Crippen molar-refractivity contribution in [2.45, 2.75) is 6.54 Å². The van der Waals surface area contributed by atoms with Crippen LogP contribution in [0.25, 0.3) is 0 Å². The Hall–Kier alpha value is -2.98. The molecule has 0 aliphatic heterocycles. The van der Waals surface area contributed by atoms with E-state index in [4.69, 9.17) is 15.7 Å². The first-order chi connectivity index (χ1) is 9.63. The Kier molecular flexibility index (Phi) is 3.88. The number of ether oxygens (including phenoxy) is 1. The summed E-state index contributed by atoms with van der Waals surface area (Å²) in [6.07, 6.45) is 0. The molecule has 0 saturated carbocycles. The molecular formula is C13H10N4O3. The Balaban J connectivity index is 2.25. The molecule has 0 radical (unpaired) electrons. The van der Waals surface area contributed by atoms with Gasteiger partial charge in [0.2, 0.25) is 11.6 Å². The van der Waals surface area contributed by atoms with E-state index >= 15 is 0 Å². The smallest absolute Gasteiger partial charge is 0.305 e. The molecule has 0 unspecified atom stereocenters. The van der Waals surface area contributed by atoms with Crippen molar-refractivity contribution in [2.24, 2.45) is 5.73 Å². The Morgan fingerprint density at radius 3 is 2.55 bits per heavy atom. The average molecular weight is 270 g/mol. The van der Waals surface area contributed by atoms with Crippen molar-refractivity contribution >= 4 is 5.69 Å². The molecule has 1 aromatic carbocycles. The Morgan fingerprint density at radius 1 is 1.30 bits per heavy atom. The van der Waals surface area contributed by atoms with Gasteiger partial charge in [-0.1, -0.05) is 12.1 Å². The molecule has 0 spiro atoms. The molecule has 2 N–H and O–H groups in total. The largest absolute Gasteiger partial charge is 0.439 e. The first-order valence-corrected chi connectivity index (χ1v) is 5.66. The molecule has 100 valence electrons. The van der Waals surface area contributed by atoms with Gasteiger partial charge in [-0.15, -0.1) is 0 Å². The van der Waals surface area contributed by atoms with Crippen molar-refractivity contribution in [3.8, 4) is 17.7 Å². The van der Waals surface area contributed by atoms with E-state index < -0.39 is 4.92 Å². The topological polar surface area (TPSA) is 115 Å². The van der Waals surface area contributed by atoms with Crippen LogP contribution in [0.2, 0.25) is 0 Å². The molecule has 7 nitrogen and oxygen atoms in total. The van der Waals surface area contributed by atoms with E-state index in [-0.39, 0.29) is 17.3 Å². The highest BCUT2D eigenvalue weighted by molar-refractivity contribution is 5.45. The average Bonchev–Trinajstić information content (AvgIpc) is 2.47. The quantitative estimate of drug-likeness (QED) is 0.672. The number of benzene rings is 1. The van der Waals surface area contributed by atoms with Crippen LogP contribution in [-0.4, -0.2) is 9.91 Å². The Morgan fingerprint density at radius 2 is 2.00 bits per heavy atom. The lowest BCUT2D eigenvalue weighted by atomic mass is 10.2. The van der Waals surface area contributed by atoms with E-state index in [0.717, 1.165) is 5.56 Å². The van der Waals surface area contributed by atoms with Gasteiger partial charge < -0.3 is 10.5 Å². The maximum atomic E-state index is 10.7. The van der Waals surface area contributed by atoms with Gasteiger partial charge in [-0.25, -0.2) is 0 Å². The van der Waals surface area contributed by atoms with Crippen LogP contribution in [0, 0.1) is 21.4 Å². The summed E-state index contributed by atoms with van der Waals surface area (Å²) in [7, 11) is 0. The van der Waals surface area contributed by atoms with E-state index in [1.807, 2.05) is 0 Å². The molecule has 0 aliphatic rings. The molecule has 0 amide bonds. The minimum Gasteiger partial charge on any atom is -0.439 e. The molecule has 0 fully saturated rings. The number of rotatable bonds is 4. The molecule has 0 saturated heterocycles. The van der Waals surface area contributed by atoms with Crippen LogP contribution in [0.3, 0.4) is 0 Å². The van der Waals surface area contributed by atoms with E-state index in [2.05, 4.69) is 4.98 Å². The van der Waals surface area contributed by atoms with Crippen LogP contribution >= 0.6 is 0 Å². The number of nitriles is 1. The van der Waals surface area contributed by atoms with Crippen molar-refractivity contribution in [1.82, 2.24) is 4.98 Å². The standard InChI is InChI=1S/C13H10N4O3/c14-7-9-1-3-10(4-2-9)20-13-6-5-12(17(18)19)11(8-15)16-13/h1-6H,7,14H2. The van der Waals surface area contributed by atoms with Gasteiger partial charge in [-0.05, 0) is 17.7 Å². The molecule has 7 heteroatoms. The number of nitrogens with two attached hydrogens (primary N) is 1. The van der Waals surface area contributed by atoms with Crippen LogP contribution < -0.4 is 10.5 Å².